The fourth-order valence-corrected chi connectivity index (χ4v) is 2.23. The van der Waals surface area contributed by atoms with Crippen molar-refractivity contribution in [3.8, 4) is 0 Å². The number of hydrogen-bond donors (Lipinski definition) is 1. The maximum Gasteiger partial charge on any atom is 0.0144 e. The van der Waals surface area contributed by atoms with Crippen molar-refractivity contribution in [2.24, 2.45) is 5.92 Å². The van der Waals surface area contributed by atoms with Gasteiger partial charge >= 0.3 is 0 Å². The highest BCUT2D eigenvalue weighted by atomic mass is 32.2. The van der Waals surface area contributed by atoms with E-state index in [0.29, 0.717) is 0 Å². The van der Waals surface area contributed by atoms with E-state index in [9.17, 15) is 0 Å². The van der Waals surface area contributed by atoms with E-state index in [2.05, 4.69) is 37.8 Å². The van der Waals surface area contributed by atoms with Gasteiger partial charge in [0.05, 0.1) is 0 Å². The molecular weight excluding hydrogens is 178 g/mol. The van der Waals surface area contributed by atoms with Crippen LogP contribution in [0.2, 0.25) is 0 Å². The van der Waals surface area contributed by atoms with Crippen molar-refractivity contribution in [2.75, 3.05) is 12.3 Å². The quantitative estimate of drug-likeness (QED) is 0.680. The van der Waals surface area contributed by atoms with E-state index in [1.165, 1.54) is 31.6 Å². The number of thioether (sulfide) groups is 1. The van der Waals surface area contributed by atoms with E-state index in [0.717, 1.165) is 17.2 Å². The SMILES string of the molecule is CCC(C)CSC(C)CNC1CC1. The van der Waals surface area contributed by atoms with Gasteiger partial charge in [0, 0.05) is 17.8 Å². The molecule has 1 aliphatic rings. The molecule has 1 rings (SSSR count). The molecule has 1 nitrogen and oxygen atoms in total. The fourth-order valence-electron chi connectivity index (χ4n) is 1.13. The Morgan fingerprint density at radius 3 is 2.62 bits per heavy atom. The molecule has 1 N–H and O–H groups in total. The molecule has 78 valence electrons. The number of nitrogens with one attached hydrogen (secondary N) is 1. The van der Waals surface area contributed by atoms with E-state index in [1.54, 1.807) is 0 Å². The van der Waals surface area contributed by atoms with E-state index < -0.39 is 0 Å². The van der Waals surface area contributed by atoms with Crippen LogP contribution in [-0.2, 0) is 0 Å². The average Bonchev–Trinajstić information content (AvgIpc) is 2.94. The normalized spacial score (nSPS) is 21.5. The minimum atomic E-state index is 0.787. The molecule has 0 spiro atoms. The topological polar surface area (TPSA) is 12.0 Å². The summed E-state index contributed by atoms with van der Waals surface area (Å²) >= 11 is 2.12. The molecule has 1 saturated carbocycles. The minimum absolute atomic E-state index is 0.787. The highest BCUT2D eigenvalue weighted by molar-refractivity contribution is 7.99. The highest BCUT2D eigenvalue weighted by Gasteiger charge is 2.20. The third-order valence-corrected chi connectivity index (χ3v) is 4.13. The molecule has 2 unspecified atom stereocenters. The first-order valence-corrected chi connectivity index (χ1v) is 6.62. The molecule has 2 heteroatoms. The Morgan fingerprint density at radius 2 is 2.08 bits per heavy atom. The van der Waals surface area contributed by atoms with Gasteiger partial charge < -0.3 is 5.32 Å². The molecule has 1 aliphatic carbocycles. The lowest BCUT2D eigenvalue weighted by molar-refractivity contribution is 0.631. The monoisotopic (exact) mass is 201 g/mol. The van der Waals surface area contributed by atoms with E-state index >= 15 is 0 Å². The molecule has 1 fully saturated rings. The van der Waals surface area contributed by atoms with Gasteiger partial charge in [0.25, 0.3) is 0 Å². The third-order valence-electron chi connectivity index (χ3n) is 2.63. The first kappa shape index (κ1) is 11.4. The van der Waals surface area contributed by atoms with Crippen molar-refractivity contribution in [1.82, 2.24) is 5.32 Å². The molecule has 0 amide bonds. The Morgan fingerprint density at radius 1 is 1.38 bits per heavy atom. The van der Waals surface area contributed by atoms with Crippen molar-refractivity contribution in [2.45, 2.75) is 51.3 Å². The Kier molecular flexibility index (Phi) is 5.18. The zero-order chi connectivity index (χ0) is 9.68. The molecule has 0 aliphatic heterocycles. The van der Waals surface area contributed by atoms with Gasteiger partial charge in [0.15, 0.2) is 0 Å². The van der Waals surface area contributed by atoms with Crippen LogP contribution in [0, 0.1) is 5.92 Å². The summed E-state index contributed by atoms with van der Waals surface area (Å²) in [6, 6.07) is 0.867. The van der Waals surface area contributed by atoms with E-state index in [4.69, 9.17) is 0 Å². The molecule has 0 aromatic carbocycles. The zero-order valence-corrected chi connectivity index (χ0v) is 9.99. The summed E-state index contributed by atoms with van der Waals surface area (Å²) in [5, 5.41) is 4.36. The van der Waals surface area contributed by atoms with Crippen LogP contribution in [0.3, 0.4) is 0 Å². The lowest BCUT2D eigenvalue weighted by Gasteiger charge is -2.14. The van der Waals surface area contributed by atoms with Crippen LogP contribution in [0.25, 0.3) is 0 Å². The predicted octanol–water partition coefficient (Wildman–Crippen LogP) is 2.91. The summed E-state index contributed by atoms with van der Waals surface area (Å²) in [4.78, 5) is 0. The molecule has 13 heavy (non-hydrogen) atoms. The standard InChI is InChI=1S/C11H23NS/c1-4-9(2)8-13-10(3)7-12-11-5-6-11/h9-12H,4-8H2,1-3H3. The van der Waals surface area contributed by atoms with Gasteiger partial charge in [0.2, 0.25) is 0 Å². The van der Waals surface area contributed by atoms with Crippen LogP contribution in [0.4, 0.5) is 0 Å². The summed E-state index contributed by atoms with van der Waals surface area (Å²) in [5.41, 5.74) is 0. The van der Waals surface area contributed by atoms with Crippen molar-refractivity contribution in [3.63, 3.8) is 0 Å². The molecule has 0 aromatic heterocycles. The lowest BCUT2D eigenvalue weighted by Crippen LogP contribution is -2.25. The molecule has 0 bridgehead atoms. The maximum atomic E-state index is 3.58. The number of rotatable bonds is 7. The zero-order valence-electron chi connectivity index (χ0n) is 9.18. The largest absolute Gasteiger partial charge is 0.313 e. The van der Waals surface area contributed by atoms with Crippen molar-refractivity contribution in [1.29, 1.82) is 0 Å². The van der Waals surface area contributed by atoms with Crippen LogP contribution < -0.4 is 5.32 Å². The van der Waals surface area contributed by atoms with Crippen LogP contribution in [0.5, 0.6) is 0 Å². The van der Waals surface area contributed by atoms with Gasteiger partial charge in [-0.3, -0.25) is 0 Å². The Hall–Kier alpha value is 0.310. The van der Waals surface area contributed by atoms with Crippen molar-refractivity contribution >= 4 is 11.8 Å². The van der Waals surface area contributed by atoms with Crippen LogP contribution >= 0.6 is 11.8 Å². The molecular formula is C11H23NS. The number of hydrogen-bond acceptors (Lipinski definition) is 2. The molecule has 0 radical (unpaired) electrons. The van der Waals surface area contributed by atoms with Gasteiger partial charge in [-0.1, -0.05) is 27.2 Å². The van der Waals surface area contributed by atoms with Crippen LogP contribution in [-0.4, -0.2) is 23.6 Å². The third kappa shape index (κ3) is 5.58. The lowest BCUT2D eigenvalue weighted by atomic mass is 10.2. The molecule has 0 aromatic rings. The van der Waals surface area contributed by atoms with Gasteiger partial charge in [-0.15, -0.1) is 0 Å². The summed E-state index contributed by atoms with van der Waals surface area (Å²) in [6.07, 6.45) is 4.13. The van der Waals surface area contributed by atoms with Gasteiger partial charge in [-0.05, 0) is 24.5 Å². The summed E-state index contributed by atoms with van der Waals surface area (Å²) in [6.45, 7) is 8.15. The summed E-state index contributed by atoms with van der Waals surface area (Å²) in [5.74, 6) is 2.21. The van der Waals surface area contributed by atoms with Crippen molar-refractivity contribution in [3.05, 3.63) is 0 Å². The molecule has 0 heterocycles. The highest BCUT2D eigenvalue weighted by Crippen LogP contribution is 2.20. The maximum absolute atomic E-state index is 3.58. The van der Waals surface area contributed by atoms with Crippen LogP contribution in [0.15, 0.2) is 0 Å². The Labute approximate surface area is 87.1 Å². The van der Waals surface area contributed by atoms with Gasteiger partial charge in [0.1, 0.15) is 0 Å². The Balaban J connectivity index is 1.92. The molecule has 0 saturated heterocycles. The molecule has 2 atom stereocenters. The smallest absolute Gasteiger partial charge is 0.0144 e. The van der Waals surface area contributed by atoms with Crippen molar-refractivity contribution < 1.29 is 0 Å². The second-order valence-electron chi connectivity index (χ2n) is 4.34. The minimum Gasteiger partial charge on any atom is -0.313 e. The second kappa shape index (κ2) is 5.92. The van der Waals surface area contributed by atoms with E-state index in [-0.39, 0.29) is 0 Å². The first-order valence-electron chi connectivity index (χ1n) is 5.57. The summed E-state index contributed by atoms with van der Waals surface area (Å²) in [7, 11) is 0. The Bertz CT molecular complexity index is 134. The van der Waals surface area contributed by atoms with Gasteiger partial charge in [-0.25, -0.2) is 0 Å². The average molecular weight is 201 g/mol. The second-order valence-corrected chi connectivity index (χ2v) is 5.81. The van der Waals surface area contributed by atoms with Crippen LogP contribution in [0.1, 0.15) is 40.0 Å². The predicted molar refractivity (Wildman–Crippen MR) is 62.4 cm³/mol. The summed E-state index contributed by atoms with van der Waals surface area (Å²) < 4.78 is 0. The van der Waals surface area contributed by atoms with Gasteiger partial charge in [-0.2, -0.15) is 11.8 Å². The van der Waals surface area contributed by atoms with E-state index in [1.807, 2.05) is 0 Å². The first-order chi connectivity index (χ1) is 6.22. The fraction of sp³-hybridized carbons (Fsp3) is 1.00.